The Morgan fingerprint density at radius 1 is 1.12 bits per heavy atom. The summed E-state index contributed by atoms with van der Waals surface area (Å²) < 4.78 is 2.08. The Balaban J connectivity index is 2.41. The van der Waals surface area contributed by atoms with Gasteiger partial charge in [0, 0.05) is 16.6 Å². The molecule has 6 heteroatoms. The van der Waals surface area contributed by atoms with E-state index < -0.39 is 0 Å². The van der Waals surface area contributed by atoms with Crippen LogP contribution >= 0.6 is 11.6 Å². The minimum absolute atomic E-state index is 0.556. The summed E-state index contributed by atoms with van der Waals surface area (Å²) >= 11 is 6.18. The molecule has 0 bridgehead atoms. The third-order valence-electron chi connectivity index (χ3n) is 4.37. The number of aryl methyl sites for hydroxylation is 4. The molecule has 0 amide bonds. The molecule has 25 heavy (non-hydrogen) atoms. The zero-order valence-corrected chi connectivity index (χ0v) is 15.8. The van der Waals surface area contributed by atoms with Gasteiger partial charge >= 0.3 is 0 Å². The largest absolute Gasteiger partial charge is 0.411 e. The summed E-state index contributed by atoms with van der Waals surface area (Å²) in [6.07, 6.45) is 2.64. The van der Waals surface area contributed by atoms with Gasteiger partial charge in [0.15, 0.2) is 0 Å². The van der Waals surface area contributed by atoms with E-state index in [1.165, 1.54) is 0 Å². The first-order chi connectivity index (χ1) is 11.9. The van der Waals surface area contributed by atoms with Crippen LogP contribution in [0.1, 0.15) is 41.6 Å². The van der Waals surface area contributed by atoms with Crippen molar-refractivity contribution < 1.29 is 5.21 Å². The molecule has 0 saturated carbocycles. The van der Waals surface area contributed by atoms with Gasteiger partial charge in [0.2, 0.25) is 0 Å². The number of rotatable bonds is 3. The van der Waals surface area contributed by atoms with Crippen molar-refractivity contribution in [3.63, 3.8) is 0 Å². The fourth-order valence-corrected chi connectivity index (χ4v) is 3.69. The molecule has 0 unspecified atom stereocenters. The van der Waals surface area contributed by atoms with Gasteiger partial charge in [0.1, 0.15) is 22.9 Å². The number of halogens is 1. The molecule has 5 nitrogen and oxygen atoms in total. The Bertz CT molecular complexity index is 981. The zero-order chi connectivity index (χ0) is 18.3. The average molecular weight is 357 g/mol. The minimum Gasteiger partial charge on any atom is -0.411 e. The second-order valence-electron chi connectivity index (χ2n) is 6.29. The summed E-state index contributed by atoms with van der Waals surface area (Å²) in [6, 6.07) is 3.90. The van der Waals surface area contributed by atoms with Crippen molar-refractivity contribution in [1.29, 1.82) is 0 Å². The lowest BCUT2D eigenvalue weighted by Gasteiger charge is -2.13. The van der Waals surface area contributed by atoms with Gasteiger partial charge in [-0.25, -0.2) is 9.97 Å². The lowest BCUT2D eigenvalue weighted by molar-refractivity contribution is 0.318. The van der Waals surface area contributed by atoms with Gasteiger partial charge in [0.25, 0.3) is 0 Å². The van der Waals surface area contributed by atoms with Gasteiger partial charge in [-0.3, -0.25) is 0 Å². The van der Waals surface area contributed by atoms with Crippen molar-refractivity contribution >= 4 is 28.3 Å². The highest BCUT2D eigenvalue weighted by Crippen LogP contribution is 2.30. The maximum atomic E-state index is 9.37. The molecular formula is C19H21ClN4O. The molecule has 0 saturated heterocycles. The number of benzene rings is 1. The molecule has 0 aliphatic rings. The third-order valence-corrected chi connectivity index (χ3v) is 4.59. The van der Waals surface area contributed by atoms with Crippen LogP contribution in [0.2, 0.25) is 5.02 Å². The van der Waals surface area contributed by atoms with Crippen molar-refractivity contribution in [2.75, 3.05) is 0 Å². The molecule has 0 spiro atoms. The van der Waals surface area contributed by atoms with Crippen LogP contribution in [0, 0.1) is 27.7 Å². The van der Waals surface area contributed by atoms with Gasteiger partial charge < -0.3 is 9.77 Å². The SMILES string of the molecule is CCC(=NO)c1nc(C)nc2c1c(C)cn2-c1c(C)cc(Cl)cc1C. The summed E-state index contributed by atoms with van der Waals surface area (Å²) in [4.78, 5) is 9.21. The van der Waals surface area contributed by atoms with Crippen LogP contribution in [-0.2, 0) is 0 Å². The Morgan fingerprint density at radius 2 is 1.76 bits per heavy atom. The van der Waals surface area contributed by atoms with E-state index >= 15 is 0 Å². The molecule has 1 aromatic carbocycles. The number of hydrogen-bond acceptors (Lipinski definition) is 4. The monoisotopic (exact) mass is 356 g/mol. The molecular weight excluding hydrogens is 336 g/mol. The minimum atomic E-state index is 0.556. The second kappa shape index (κ2) is 6.48. The maximum absolute atomic E-state index is 9.37. The summed E-state index contributed by atoms with van der Waals surface area (Å²) in [7, 11) is 0. The normalized spacial score (nSPS) is 12.2. The smallest absolute Gasteiger partial charge is 0.149 e. The van der Waals surface area contributed by atoms with E-state index in [-0.39, 0.29) is 0 Å². The van der Waals surface area contributed by atoms with E-state index in [4.69, 9.17) is 11.6 Å². The van der Waals surface area contributed by atoms with Crippen LogP contribution in [0.4, 0.5) is 0 Å². The molecule has 3 rings (SSSR count). The molecule has 2 heterocycles. The summed E-state index contributed by atoms with van der Waals surface area (Å²) in [5.41, 5.74) is 6.30. The Hall–Kier alpha value is -2.40. The van der Waals surface area contributed by atoms with Crippen LogP contribution in [0.15, 0.2) is 23.5 Å². The summed E-state index contributed by atoms with van der Waals surface area (Å²) in [5, 5.41) is 14.4. The van der Waals surface area contributed by atoms with Gasteiger partial charge in [-0.05, 0) is 62.9 Å². The molecule has 0 radical (unpaired) electrons. The summed E-state index contributed by atoms with van der Waals surface area (Å²) in [6.45, 7) is 9.89. The first kappa shape index (κ1) is 17.4. The van der Waals surface area contributed by atoms with E-state index in [0.29, 0.717) is 23.7 Å². The van der Waals surface area contributed by atoms with E-state index in [2.05, 4.69) is 25.9 Å². The Labute approximate surface area is 152 Å². The lowest BCUT2D eigenvalue weighted by Crippen LogP contribution is -2.08. The Kier molecular flexibility index (Phi) is 4.52. The van der Waals surface area contributed by atoms with E-state index in [1.54, 1.807) is 0 Å². The van der Waals surface area contributed by atoms with E-state index in [1.807, 2.05) is 46.8 Å². The van der Waals surface area contributed by atoms with Crippen molar-refractivity contribution in [3.8, 4) is 5.69 Å². The van der Waals surface area contributed by atoms with Gasteiger partial charge in [-0.2, -0.15) is 0 Å². The topological polar surface area (TPSA) is 63.3 Å². The third kappa shape index (κ3) is 2.89. The van der Waals surface area contributed by atoms with Gasteiger partial charge in [-0.1, -0.05) is 23.7 Å². The predicted molar refractivity (Wildman–Crippen MR) is 101 cm³/mol. The van der Waals surface area contributed by atoms with Gasteiger partial charge in [-0.15, -0.1) is 0 Å². The van der Waals surface area contributed by atoms with Crippen LogP contribution in [0.25, 0.3) is 16.7 Å². The average Bonchev–Trinajstić information content (AvgIpc) is 2.84. The van der Waals surface area contributed by atoms with Crippen molar-refractivity contribution in [3.05, 3.63) is 51.6 Å². The number of aromatic nitrogens is 3. The molecule has 130 valence electrons. The zero-order valence-electron chi connectivity index (χ0n) is 15.1. The highest BCUT2D eigenvalue weighted by molar-refractivity contribution is 6.30. The van der Waals surface area contributed by atoms with Gasteiger partial charge in [0.05, 0.1) is 5.69 Å². The number of nitrogens with zero attached hydrogens (tertiary/aromatic N) is 4. The van der Waals surface area contributed by atoms with Crippen molar-refractivity contribution in [2.45, 2.75) is 41.0 Å². The second-order valence-corrected chi connectivity index (χ2v) is 6.73. The maximum Gasteiger partial charge on any atom is 0.149 e. The molecule has 3 aromatic rings. The van der Waals surface area contributed by atoms with Crippen molar-refractivity contribution in [2.24, 2.45) is 5.16 Å². The summed E-state index contributed by atoms with van der Waals surface area (Å²) in [5.74, 6) is 0.640. The number of oxime groups is 1. The first-order valence-electron chi connectivity index (χ1n) is 8.22. The lowest BCUT2D eigenvalue weighted by atomic mass is 10.1. The molecule has 1 N–H and O–H groups in total. The van der Waals surface area contributed by atoms with Crippen LogP contribution < -0.4 is 0 Å². The van der Waals surface area contributed by atoms with Crippen LogP contribution in [-0.4, -0.2) is 25.5 Å². The standard InChI is InChI=1S/C19H21ClN4O/c1-6-15(23-25)17-16-12(4)9-24(19(16)22-13(5)21-17)18-10(2)7-14(20)8-11(18)3/h7-9,25H,6H2,1-5H3. The number of hydrogen-bond donors (Lipinski definition) is 1. The highest BCUT2D eigenvalue weighted by atomic mass is 35.5. The molecule has 0 aliphatic carbocycles. The predicted octanol–water partition coefficient (Wildman–Crippen LogP) is 4.90. The van der Waals surface area contributed by atoms with E-state index in [9.17, 15) is 5.21 Å². The number of fused-ring (bicyclic) bond motifs is 1. The van der Waals surface area contributed by atoms with E-state index in [0.717, 1.165) is 38.4 Å². The quantitative estimate of drug-likeness (QED) is 0.412. The fourth-order valence-electron chi connectivity index (χ4n) is 3.36. The van der Waals surface area contributed by atoms with Crippen LogP contribution in [0.5, 0.6) is 0 Å². The Morgan fingerprint density at radius 3 is 2.32 bits per heavy atom. The molecule has 0 fully saturated rings. The molecule has 0 aliphatic heterocycles. The molecule has 0 atom stereocenters. The first-order valence-corrected chi connectivity index (χ1v) is 8.59. The highest BCUT2D eigenvalue weighted by Gasteiger charge is 2.19. The van der Waals surface area contributed by atoms with Crippen molar-refractivity contribution in [1.82, 2.24) is 14.5 Å². The molecule has 2 aromatic heterocycles. The fraction of sp³-hybridized carbons (Fsp3) is 0.316. The van der Waals surface area contributed by atoms with Crippen LogP contribution in [0.3, 0.4) is 0 Å².